The summed E-state index contributed by atoms with van der Waals surface area (Å²) in [4.78, 5) is 34.7. The molecule has 0 bridgehead atoms. The molecule has 1 amide bonds. The maximum absolute atomic E-state index is 11.3. The summed E-state index contributed by atoms with van der Waals surface area (Å²) in [6.45, 7) is 1.46. The minimum Gasteiger partial charge on any atom is -0.342 e. The Bertz CT molecular complexity index is 261. The number of carbonyl (C=O) groups excluding carboxylic acids is 3. The summed E-state index contributed by atoms with van der Waals surface area (Å²) in [5.41, 5.74) is 0. The Hall–Kier alpha value is -1.23. The van der Waals surface area contributed by atoms with Gasteiger partial charge in [-0.05, 0) is 20.4 Å². The Morgan fingerprint density at radius 1 is 1.27 bits per heavy atom. The van der Waals surface area contributed by atoms with E-state index in [1.54, 1.807) is 7.05 Å². The molecule has 0 aliphatic heterocycles. The number of hydrogen-bond donors (Lipinski definition) is 1. The molecule has 0 heterocycles. The maximum Gasteiger partial charge on any atom is 0.289 e. The fraction of sp³-hybridized carbons (Fsp3) is 0.700. The Morgan fingerprint density at radius 3 is 2.13 bits per heavy atom. The quantitative estimate of drug-likeness (QED) is 0.611. The number of Topliss-reactive ketones (excluding diaryl/α,β-unsaturated/α-hetero) is 2. The number of nitrogens with zero attached hydrogens (tertiary/aromatic N) is 1. The molecular weight excluding hydrogens is 196 g/mol. The van der Waals surface area contributed by atoms with Crippen molar-refractivity contribution < 1.29 is 14.4 Å². The topological polar surface area (TPSA) is 66.5 Å². The Kier molecular flexibility index (Phi) is 5.77. The fourth-order valence-corrected chi connectivity index (χ4v) is 1.18. The van der Waals surface area contributed by atoms with Gasteiger partial charge in [0.2, 0.25) is 5.78 Å². The first-order chi connectivity index (χ1) is 6.90. The predicted molar refractivity (Wildman–Crippen MR) is 56.5 cm³/mol. The molecule has 0 saturated heterocycles. The van der Waals surface area contributed by atoms with Gasteiger partial charge < -0.3 is 10.2 Å². The number of ketones is 2. The molecule has 0 aromatic heterocycles. The predicted octanol–water partition coefficient (Wildman–Crippen LogP) is -0.399. The van der Waals surface area contributed by atoms with Gasteiger partial charge >= 0.3 is 0 Å². The van der Waals surface area contributed by atoms with Crippen molar-refractivity contribution in [3.05, 3.63) is 0 Å². The van der Waals surface area contributed by atoms with Gasteiger partial charge in [0.25, 0.3) is 5.91 Å². The van der Waals surface area contributed by atoms with E-state index >= 15 is 0 Å². The third-order valence-electron chi connectivity index (χ3n) is 2.14. The van der Waals surface area contributed by atoms with Crippen LogP contribution in [-0.2, 0) is 14.4 Å². The molecule has 0 saturated carbocycles. The molecule has 5 heteroatoms. The highest BCUT2D eigenvalue weighted by molar-refractivity contribution is 6.35. The van der Waals surface area contributed by atoms with Crippen LogP contribution in [0.25, 0.3) is 0 Å². The molecule has 0 spiro atoms. The van der Waals surface area contributed by atoms with E-state index in [4.69, 9.17) is 0 Å². The SMILES string of the molecule is CN[C@@H](CCC(=O)C(=O)N(C)C)C(C)=O. The zero-order valence-corrected chi connectivity index (χ0v) is 9.66. The van der Waals surface area contributed by atoms with E-state index in [-0.39, 0.29) is 18.2 Å². The number of hydrogen-bond acceptors (Lipinski definition) is 4. The number of amides is 1. The zero-order valence-electron chi connectivity index (χ0n) is 9.66. The molecule has 1 atom stereocenters. The fourth-order valence-electron chi connectivity index (χ4n) is 1.18. The standard InChI is InChI=1S/C10H18N2O3/c1-7(13)8(11-2)5-6-9(14)10(15)12(3)4/h8,11H,5-6H2,1-4H3/t8-/m0/s1. The van der Waals surface area contributed by atoms with Gasteiger partial charge in [-0.2, -0.15) is 0 Å². The molecule has 86 valence electrons. The van der Waals surface area contributed by atoms with Crippen LogP contribution in [-0.4, -0.2) is 49.6 Å². The van der Waals surface area contributed by atoms with Gasteiger partial charge in [0.05, 0.1) is 6.04 Å². The maximum atomic E-state index is 11.3. The van der Waals surface area contributed by atoms with E-state index in [1.165, 1.54) is 25.9 Å². The van der Waals surface area contributed by atoms with Gasteiger partial charge in [0.15, 0.2) is 0 Å². The van der Waals surface area contributed by atoms with Crippen molar-refractivity contribution >= 4 is 17.5 Å². The third kappa shape index (κ3) is 4.69. The van der Waals surface area contributed by atoms with E-state index in [0.717, 1.165) is 0 Å². The summed E-state index contributed by atoms with van der Waals surface area (Å²) in [5, 5.41) is 2.80. The lowest BCUT2D eigenvalue weighted by atomic mass is 10.1. The van der Waals surface area contributed by atoms with Crippen LogP contribution in [0.5, 0.6) is 0 Å². The average Bonchev–Trinajstić information content (AvgIpc) is 2.16. The Balaban J connectivity index is 4.10. The summed E-state index contributed by atoms with van der Waals surface area (Å²) >= 11 is 0. The lowest BCUT2D eigenvalue weighted by Gasteiger charge is -2.13. The van der Waals surface area contributed by atoms with E-state index in [1.807, 2.05) is 0 Å². The van der Waals surface area contributed by atoms with Gasteiger partial charge in [-0.25, -0.2) is 0 Å². The van der Waals surface area contributed by atoms with Crippen LogP contribution in [0.1, 0.15) is 19.8 Å². The molecule has 0 aromatic carbocycles. The monoisotopic (exact) mass is 214 g/mol. The molecule has 0 aliphatic rings. The van der Waals surface area contributed by atoms with Crippen LogP contribution < -0.4 is 5.32 Å². The van der Waals surface area contributed by atoms with Crippen molar-refractivity contribution in [3.63, 3.8) is 0 Å². The minimum absolute atomic E-state index is 0.0254. The molecule has 0 rings (SSSR count). The Morgan fingerprint density at radius 2 is 1.80 bits per heavy atom. The van der Waals surface area contributed by atoms with Crippen LogP contribution in [0.3, 0.4) is 0 Å². The summed E-state index contributed by atoms with van der Waals surface area (Å²) < 4.78 is 0. The zero-order chi connectivity index (χ0) is 12.0. The normalized spacial score (nSPS) is 12.0. The Labute approximate surface area is 89.8 Å². The van der Waals surface area contributed by atoms with Crippen LogP contribution in [0.2, 0.25) is 0 Å². The van der Waals surface area contributed by atoms with E-state index in [9.17, 15) is 14.4 Å². The molecule has 1 N–H and O–H groups in total. The molecular formula is C10H18N2O3. The lowest BCUT2D eigenvalue weighted by molar-refractivity contribution is -0.143. The van der Waals surface area contributed by atoms with Crippen LogP contribution >= 0.6 is 0 Å². The number of likely N-dealkylation sites (N-methyl/N-ethyl adjacent to an activating group) is 2. The molecule has 0 fully saturated rings. The summed E-state index contributed by atoms with van der Waals surface area (Å²) in [6, 6.07) is -0.344. The van der Waals surface area contributed by atoms with Crippen LogP contribution in [0.15, 0.2) is 0 Å². The van der Waals surface area contributed by atoms with Crippen molar-refractivity contribution in [2.45, 2.75) is 25.8 Å². The highest BCUT2D eigenvalue weighted by Crippen LogP contribution is 2.00. The van der Waals surface area contributed by atoms with Crippen molar-refractivity contribution in [3.8, 4) is 0 Å². The van der Waals surface area contributed by atoms with Gasteiger partial charge in [-0.1, -0.05) is 0 Å². The molecule has 5 nitrogen and oxygen atoms in total. The molecule has 15 heavy (non-hydrogen) atoms. The molecule has 0 unspecified atom stereocenters. The van der Waals surface area contributed by atoms with Gasteiger partial charge in [0, 0.05) is 20.5 Å². The minimum atomic E-state index is -0.520. The lowest BCUT2D eigenvalue weighted by Crippen LogP contribution is -2.35. The summed E-state index contributed by atoms with van der Waals surface area (Å²) in [5.74, 6) is -1.00. The van der Waals surface area contributed by atoms with E-state index in [0.29, 0.717) is 6.42 Å². The van der Waals surface area contributed by atoms with Crippen molar-refractivity contribution in [1.29, 1.82) is 0 Å². The first kappa shape index (κ1) is 13.8. The van der Waals surface area contributed by atoms with Gasteiger partial charge in [-0.15, -0.1) is 0 Å². The first-order valence-electron chi connectivity index (χ1n) is 4.82. The van der Waals surface area contributed by atoms with Gasteiger partial charge in [0.1, 0.15) is 5.78 Å². The van der Waals surface area contributed by atoms with Crippen LogP contribution in [0, 0.1) is 0 Å². The smallest absolute Gasteiger partial charge is 0.289 e. The summed E-state index contributed by atoms with van der Waals surface area (Å²) in [6.07, 6.45) is 0.465. The second-order valence-electron chi connectivity index (χ2n) is 3.61. The second-order valence-corrected chi connectivity index (χ2v) is 3.61. The second kappa shape index (κ2) is 6.29. The van der Waals surface area contributed by atoms with E-state index < -0.39 is 11.7 Å². The average molecular weight is 214 g/mol. The van der Waals surface area contributed by atoms with Crippen molar-refractivity contribution in [2.24, 2.45) is 0 Å². The molecule has 0 aromatic rings. The number of rotatable bonds is 6. The van der Waals surface area contributed by atoms with Crippen molar-refractivity contribution in [2.75, 3.05) is 21.1 Å². The third-order valence-corrected chi connectivity index (χ3v) is 2.14. The highest BCUT2D eigenvalue weighted by atomic mass is 16.2. The van der Waals surface area contributed by atoms with Crippen molar-refractivity contribution in [1.82, 2.24) is 10.2 Å². The number of carbonyl (C=O) groups is 3. The highest BCUT2D eigenvalue weighted by Gasteiger charge is 2.19. The molecule has 0 aliphatic carbocycles. The first-order valence-corrected chi connectivity index (χ1v) is 4.82. The van der Waals surface area contributed by atoms with Crippen LogP contribution in [0.4, 0.5) is 0 Å². The summed E-state index contributed by atoms with van der Waals surface area (Å²) in [7, 11) is 4.71. The molecule has 0 radical (unpaired) electrons. The van der Waals surface area contributed by atoms with Gasteiger partial charge in [-0.3, -0.25) is 14.4 Å². The van der Waals surface area contributed by atoms with E-state index in [2.05, 4.69) is 5.32 Å². The largest absolute Gasteiger partial charge is 0.342 e. The number of nitrogens with one attached hydrogen (secondary N) is 1.